The molecule has 0 spiro atoms. The van der Waals surface area contributed by atoms with Crippen LogP contribution in [-0.2, 0) is 16.1 Å². The summed E-state index contributed by atoms with van der Waals surface area (Å²) in [7, 11) is 0. The maximum Gasteiger partial charge on any atom is 0.325 e. The maximum absolute atomic E-state index is 12.1. The van der Waals surface area contributed by atoms with Gasteiger partial charge in [0, 0.05) is 31.6 Å². The number of hydrogen-bond donors (Lipinski definition) is 1. The van der Waals surface area contributed by atoms with Gasteiger partial charge in [0.1, 0.15) is 6.54 Å². The van der Waals surface area contributed by atoms with Gasteiger partial charge in [-0.3, -0.25) is 14.3 Å². The van der Waals surface area contributed by atoms with Gasteiger partial charge in [0.25, 0.3) is 0 Å². The highest BCUT2D eigenvalue weighted by atomic mass is 16.4. The van der Waals surface area contributed by atoms with E-state index >= 15 is 0 Å². The van der Waals surface area contributed by atoms with Crippen molar-refractivity contribution in [3.8, 4) is 0 Å². The first kappa shape index (κ1) is 15.3. The first-order chi connectivity index (χ1) is 10.1. The van der Waals surface area contributed by atoms with Crippen LogP contribution < -0.4 is 0 Å². The van der Waals surface area contributed by atoms with Crippen LogP contribution >= 0.6 is 0 Å². The summed E-state index contributed by atoms with van der Waals surface area (Å²) in [5.41, 5.74) is 0.875. The topological polar surface area (TPSA) is 75.4 Å². The van der Waals surface area contributed by atoms with Crippen LogP contribution in [0.2, 0.25) is 0 Å². The smallest absolute Gasteiger partial charge is 0.325 e. The third-order valence-corrected chi connectivity index (χ3v) is 3.68. The van der Waals surface area contributed by atoms with Gasteiger partial charge in [-0.25, -0.2) is 0 Å². The molecule has 1 fully saturated rings. The van der Waals surface area contributed by atoms with Crippen LogP contribution in [0.15, 0.2) is 24.4 Å². The van der Waals surface area contributed by atoms with Crippen molar-refractivity contribution >= 4 is 11.9 Å². The van der Waals surface area contributed by atoms with Crippen LogP contribution in [0, 0.1) is 0 Å². The molecule has 1 aliphatic heterocycles. The molecule has 1 aliphatic rings. The lowest BCUT2D eigenvalue weighted by molar-refractivity contribution is -0.138. The second kappa shape index (κ2) is 7.06. The van der Waals surface area contributed by atoms with Gasteiger partial charge in [-0.2, -0.15) is 5.10 Å². The molecular formula is C15H21N3O3. The number of piperidine rings is 1. The Labute approximate surface area is 124 Å². The van der Waals surface area contributed by atoms with E-state index in [1.54, 1.807) is 6.20 Å². The monoisotopic (exact) mass is 291 g/mol. The molecule has 2 rings (SSSR count). The Morgan fingerprint density at radius 1 is 1.52 bits per heavy atom. The van der Waals surface area contributed by atoms with Crippen molar-refractivity contribution in [2.75, 3.05) is 13.1 Å². The molecule has 1 aromatic rings. The van der Waals surface area contributed by atoms with E-state index < -0.39 is 5.97 Å². The lowest BCUT2D eigenvalue weighted by atomic mass is 9.95. The zero-order valence-electron chi connectivity index (χ0n) is 12.2. The molecule has 0 saturated carbocycles. The Bertz CT molecular complexity index is 536. The fourth-order valence-corrected chi connectivity index (χ4v) is 2.61. The van der Waals surface area contributed by atoms with Gasteiger partial charge in [0.15, 0.2) is 0 Å². The number of carboxylic acids is 1. The number of carbonyl (C=O) groups excluding carboxylic acids is 1. The third-order valence-electron chi connectivity index (χ3n) is 3.68. The molecule has 0 radical (unpaired) electrons. The molecule has 1 atom stereocenters. The minimum atomic E-state index is -0.906. The number of rotatable bonds is 5. The Kier molecular flexibility index (Phi) is 5.14. The molecule has 21 heavy (non-hydrogen) atoms. The zero-order chi connectivity index (χ0) is 15.2. The number of allylic oxidation sites excluding steroid dienone is 1. The van der Waals surface area contributed by atoms with Gasteiger partial charge in [-0.05, 0) is 25.8 Å². The van der Waals surface area contributed by atoms with Crippen molar-refractivity contribution in [1.29, 1.82) is 0 Å². The van der Waals surface area contributed by atoms with Crippen molar-refractivity contribution in [2.45, 2.75) is 38.6 Å². The van der Waals surface area contributed by atoms with E-state index in [1.165, 1.54) is 4.68 Å². The average molecular weight is 291 g/mol. The lowest BCUT2D eigenvalue weighted by Gasteiger charge is -2.31. The predicted molar refractivity (Wildman–Crippen MR) is 77.8 cm³/mol. The standard InChI is InChI=1S/C15H21N3O3/c1-2-3-6-14(19)17-8-4-5-12(10-17)13-7-9-18(16-13)11-15(20)21/h2-3,7,9,12H,4-6,8,10-11H2,1H3,(H,20,21). The first-order valence-corrected chi connectivity index (χ1v) is 7.24. The Morgan fingerprint density at radius 2 is 2.33 bits per heavy atom. The average Bonchev–Trinajstić information content (AvgIpc) is 2.92. The fourth-order valence-electron chi connectivity index (χ4n) is 2.61. The highest BCUT2D eigenvalue weighted by molar-refractivity contribution is 5.77. The molecule has 0 aliphatic carbocycles. The summed E-state index contributed by atoms with van der Waals surface area (Å²) >= 11 is 0. The van der Waals surface area contributed by atoms with E-state index in [9.17, 15) is 9.59 Å². The first-order valence-electron chi connectivity index (χ1n) is 7.24. The molecule has 1 amide bonds. The van der Waals surface area contributed by atoms with Gasteiger partial charge >= 0.3 is 5.97 Å². The largest absolute Gasteiger partial charge is 0.480 e. The second-order valence-corrected chi connectivity index (χ2v) is 5.28. The van der Waals surface area contributed by atoms with Crippen molar-refractivity contribution in [3.05, 3.63) is 30.1 Å². The van der Waals surface area contributed by atoms with Gasteiger partial charge in [-0.15, -0.1) is 0 Å². The van der Waals surface area contributed by atoms with E-state index in [0.29, 0.717) is 13.0 Å². The molecule has 1 aromatic heterocycles. The Morgan fingerprint density at radius 3 is 3.05 bits per heavy atom. The van der Waals surface area contributed by atoms with Gasteiger partial charge in [0.05, 0.1) is 5.69 Å². The van der Waals surface area contributed by atoms with E-state index in [4.69, 9.17) is 5.11 Å². The summed E-state index contributed by atoms with van der Waals surface area (Å²) in [4.78, 5) is 24.6. The Balaban J connectivity index is 1.98. The molecule has 2 heterocycles. The van der Waals surface area contributed by atoms with Crippen molar-refractivity contribution in [1.82, 2.24) is 14.7 Å². The van der Waals surface area contributed by atoms with E-state index in [0.717, 1.165) is 25.1 Å². The summed E-state index contributed by atoms with van der Waals surface area (Å²) in [6, 6.07) is 1.85. The predicted octanol–water partition coefficient (Wildman–Crippen LogP) is 1.64. The highest BCUT2D eigenvalue weighted by Gasteiger charge is 2.25. The number of aromatic nitrogens is 2. The quantitative estimate of drug-likeness (QED) is 0.837. The van der Waals surface area contributed by atoms with E-state index in [1.807, 2.05) is 30.0 Å². The van der Waals surface area contributed by atoms with Crippen molar-refractivity contribution in [2.24, 2.45) is 0 Å². The molecule has 0 bridgehead atoms. The number of likely N-dealkylation sites (tertiary alicyclic amines) is 1. The SMILES string of the molecule is CC=CCC(=O)N1CCCC(c2ccn(CC(=O)O)n2)C1. The van der Waals surface area contributed by atoms with Gasteiger partial charge < -0.3 is 10.0 Å². The fraction of sp³-hybridized carbons (Fsp3) is 0.533. The maximum atomic E-state index is 12.1. The molecule has 1 N–H and O–H groups in total. The van der Waals surface area contributed by atoms with E-state index in [2.05, 4.69) is 5.10 Å². The van der Waals surface area contributed by atoms with Gasteiger partial charge in [0.2, 0.25) is 5.91 Å². The van der Waals surface area contributed by atoms with Crippen LogP contribution in [-0.4, -0.2) is 44.8 Å². The van der Waals surface area contributed by atoms with Crippen LogP contribution in [0.3, 0.4) is 0 Å². The Hall–Kier alpha value is -2.11. The third kappa shape index (κ3) is 4.18. The highest BCUT2D eigenvalue weighted by Crippen LogP contribution is 2.26. The zero-order valence-corrected chi connectivity index (χ0v) is 12.2. The normalized spacial score (nSPS) is 19.1. The number of amides is 1. The molecule has 0 aromatic carbocycles. The number of carboxylic acid groups (broad SMARTS) is 1. The number of carbonyl (C=O) groups is 2. The molecule has 114 valence electrons. The number of hydrogen-bond acceptors (Lipinski definition) is 3. The summed E-state index contributed by atoms with van der Waals surface area (Å²) in [5.74, 6) is -0.567. The van der Waals surface area contributed by atoms with Gasteiger partial charge in [-0.1, -0.05) is 12.2 Å². The minimum absolute atomic E-state index is 0.128. The summed E-state index contributed by atoms with van der Waals surface area (Å²) < 4.78 is 1.43. The molecule has 6 nitrogen and oxygen atoms in total. The lowest BCUT2D eigenvalue weighted by Crippen LogP contribution is -2.38. The van der Waals surface area contributed by atoms with Crippen LogP contribution in [0.25, 0.3) is 0 Å². The second-order valence-electron chi connectivity index (χ2n) is 5.28. The summed E-state index contributed by atoms with van der Waals surface area (Å²) in [6.45, 7) is 3.24. The summed E-state index contributed by atoms with van der Waals surface area (Å²) in [5, 5.41) is 13.1. The van der Waals surface area contributed by atoms with E-state index in [-0.39, 0.29) is 18.4 Å². The molecule has 6 heteroatoms. The van der Waals surface area contributed by atoms with Crippen molar-refractivity contribution < 1.29 is 14.7 Å². The molecule has 1 saturated heterocycles. The molecular weight excluding hydrogens is 270 g/mol. The number of nitrogens with zero attached hydrogens (tertiary/aromatic N) is 3. The minimum Gasteiger partial charge on any atom is -0.480 e. The van der Waals surface area contributed by atoms with Crippen LogP contribution in [0.1, 0.15) is 37.8 Å². The summed E-state index contributed by atoms with van der Waals surface area (Å²) in [6.07, 6.45) is 7.82. The van der Waals surface area contributed by atoms with Crippen LogP contribution in [0.4, 0.5) is 0 Å². The van der Waals surface area contributed by atoms with Crippen LogP contribution in [0.5, 0.6) is 0 Å². The number of aliphatic carboxylic acids is 1. The molecule has 1 unspecified atom stereocenters. The van der Waals surface area contributed by atoms with Crippen molar-refractivity contribution in [3.63, 3.8) is 0 Å².